The molecule has 72 valence electrons. The Labute approximate surface area is 69.7 Å². The van der Waals surface area contributed by atoms with Gasteiger partial charge < -0.3 is 23.8 Å². The Balaban J connectivity index is 2.21. The van der Waals surface area contributed by atoms with Gasteiger partial charge in [-0.25, -0.2) is 0 Å². The number of rotatable bonds is 3. The van der Waals surface area contributed by atoms with Gasteiger partial charge in [-0.05, 0) is 6.92 Å². The topological polar surface area (TPSA) is 88.1 Å². The van der Waals surface area contributed by atoms with Crippen LogP contribution in [0, 0.1) is 0 Å². The molecule has 1 N–H and O–H groups in total. The average Bonchev–Trinajstić information content (AvgIpc) is 2.30. The van der Waals surface area contributed by atoms with Crippen molar-refractivity contribution in [3.63, 3.8) is 0 Å². The smallest absolute Gasteiger partial charge is 0.265 e. The first-order chi connectivity index (χ1) is 5.47. The van der Waals surface area contributed by atoms with Crippen molar-refractivity contribution in [1.29, 1.82) is 0 Å². The highest BCUT2D eigenvalue weighted by atomic mass is 31.2. The molecule has 0 bridgehead atoms. The molecule has 1 fully saturated rings. The van der Waals surface area contributed by atoms with Gasteiger partial charge in [-0.2, -0.15) is 0 Å². The normalized spacial score (nSPS) is 34.9. The molecule has 1 aliphatic rings. The molecule has 1 rings (SSSR count). The SMILES string of the molecule is C[C@@H]1OC[C@H](COP(=O)([O-])O)O1. The van der Waals surface area contributed by atoms with Gasteiger partial charge in [0.2, 0.25) is 0 Å². The van der Waals surface area contributed by atoms with E-state index < -0.39 is 13.9 Å². The van der Waals surface area contributed by atoms with E-state index >= 15 is 0 Å². The zero-order valence-corrected chi connectivity index (χ0v) is 7.40. The fraction of sp³-hybridized carbons (Fsp3) is 1.00. The van der Waals surface area contributed by atoms with Crippen LogP contribution in [-0.2, 0) is 18.6 Å². The maximum atomic E-state index is 10.1. The zero-order valence-electron chi connectivity index (χ0n) is 6.50. The Bertz CT molecular complexity index is 188. The van der Waals surface area contributed by atoms with Gasteiger partial charge in [0.15, 0.2) is 6.29 Å². The van der Waals surface area contributed by atoms with Crippen LogP contribution in [0.4, 0.5) is 0 Å². The van der Waals surface area contributed by atoms with E-state index in [-0.39, 0.29) is 19.5 Å². The Morgan fingerprint density at radius 2 is 2.50 bits per heavy atom. The fourth-order valence-corrected chi connectivity index (χ4v) is 1.21. The van der Waals surface area contributed by atoms with Gasteiger partial charge in [-0.1, -0.05) is 0 Å². The van der Waals surface area contributed by atoms with Crippen molar-refractivity contribution in [2.45, 2.75) is 19.3 Å². The predicted molar refractivity (Wildman–Crippen MR) is 36.1 cm³/mol. The second kappa shape index (κ2) is 3.83. The van der Waals surface area contributed by atoms with Gasteiger partial charge in [0, 0.05) is 0 Å². The summed E-state index contributed by atoms with van der Waals surface area (Å²) in [6, 6.07) is 0. The molecule has 3 atom stereocenters. The molecule has 0 aliphatic carbocycles. The Hall–Kier alpha value is 0.0300. The minimum absolute atomic E-state index is 0.207. The lowest BCUT2D eigenvalue weighted by atomic mass is 10.4. The highest BCUT2D eigenvalue weighted by Gasteiger charge is 2.23. The summed E-state index contributed by atoms with van der Waals surface area (Å²) in [6.07, 6.45) is -0.766. The van der Waals surface area contributed by atoms with Crippen molar-refractivity contribution in [3.05, 3.63) is 0 Å². The largest absolute Gasteiger partial charge is 0.756 e. The summed E-state index contributed by atoms with van der Waals surface area (Å²) >= 11 is 0. The second-order valence-electron chi connectivity index (χ2n) is 2.42. The molecule has 0 saturated carbocycles. The van der Waals surface area contributed by atoms with E-state index in [0.29, 0.717) is 0 Å². The molecule has 0 spiro atoms. The molecule has 0 aromatic rings. The van der Waals surface area contributed by atoms with Gasteiger partial charge >= 0.3 is 0 Å². The van der Waals surface area contributed by atoms with E-state index in [4.69, 9.17) is 14.4 Å². The molecular weight excluding hydrogens is 187 g/mol. The molecule has 1 unspecified atom stereocenters. The molecule has 1 heterocycles. The molecule has 7 heteroatoms. The zero-order chi connectivity index (χ0) is 9.19. The van der Waals surface area contributed by atoms with E-state index in [1.165, 1.54) is 0 Å². The van der Waals surface area contributed by atoms with Gasteiger partial charge in [0.05, 0.1) is 13.2 Å². The van der Waals surface area contributed by atoms with Gasteiger partial charge in [-0.3, -0.25) is 4.57 Å². The summed E-state index contributed by atoms with van der Waals surface area (Å²) in [5, 5.41) is 0. The first kappa shape index (κ1) is 10.1. The van der Waals surface area contributed by atoms with Gasteiger partial charge in [0.25, 0.3) is 7.82 Å². The molecule has 0 aromatic carbocycles. The Morgan fingerprint density at radius 1 is 1.83 bits per heavy atom. The number of hydrogen-bond donors (Lipinski definition) is 1. The molecule has 1 saturated heterocycles. The van der Waals surface area contributed by atoms with Crippen LogP contribution >= 0.6 is 7.82 Å². The fourth-order valence-electron chi connectivity index (χ4n) is 0.857. The molecule has 0 aromatic heterocycles. The van der Waals surface area contributed by atoms with Crippen molar-refractivity contribution in [1.82, 2.24) is 0 Å². The van der Waals surface area contributed by atoms with Gasteiger partial charge in [0.1, 0.15) is 6.10 Å². The standard InChI is InChI=1S/C5H11O6P/c1-4-9-2-5(11-4)3-10-12(6,7)8/h4-5H,2-3H2,1H3,(H2,6,7,8)/p-1/t4-,5-/m1/s1. The molecular formula is C5H10O6P-. The van der Waals surface area contributed by atoms with Crippen molar-refractivity contribution in [2.24, 2.45) is 0 Å². The van der Waals surface area contributed by atoms with Crippen LogP contribution in [-0.4, -0.2) is 30.5 Å². The van der Waals surface area contributed by atoms with Crippen molar-refractivity contribution in [2.75, 3.05) is 13.2 Å². The van der Waals surface area contributed by atoms with Crippen LogP contribution in [0.2, 0.25) is 0 Å². The van der Waals surface area contributed by atoms with Crippen LogP contribution in [0.1, 0.15) is 6.92 Å². The van der Waals surface area contributed by atoms with Crippen molar-refractivity contribution >= 4 is 7.82 Å². The van der Waals surface area contributed by atoms with Crippen LogP contribution in [0.5, 0.6) is 0 Å². The van der Waals surface area contributed by atoms with E-state index in [0.717, 1.165) is 0 Å². The lowest BCUT2D eigenvalue weighted by molar-refractivity contribution is -0.221. The molecule has 0 amide bonds. The third-order valence-electron chi connectivity index (χ3n) is 1.32. The molecule has 6 nitrogen and oxygen atoms in total. The highest BCUT2D eigenvalue weighted by Crippen LogP contribution is 2.31. The quantitative estimate of drug-likeness (QED) is 0.597. The number of ether oxygens (including phenoxy) is 2. The molecule has 0 radical (unpaired) electrons. The highest BCUT2D eigenvalue weighted by molar-refractivity contribution is 7.44. The first-order valence-corrected chi connectivity index (χ1v) is 4.92. The molecule has 1 aliphatic heterocycles. The van der Waals surface area contributed by atoms with E-state index in [1.54, 1.807) is 6.92 Å². The summed E-state index contributed by atoms with van der Waals surface area (Å²) in [6.45, 7) is 1.76. The van der Waals surface area contributed by atoms with E-state index in [9.17, 15) is 9.46 Å². The van der Waals surface area contributed by atoms with Crippen LogP contribution in [0.3, 0.4) is 0 Å². The predicted octanol–water partition coefficient (Wildman–Crippen LogP) is -0.775. The Morgan fingerprint density at radius 3 is 2.92 bits per heavy atom. The van der Waals surface area contributed by atoms with Crippen LogP contribution in [0.25, 0.3) is 0 Å². The van der Waals surface area contributed by atoms with Crippen LogP contribution < -0.4 is 4.89 Å². The van der Waals surface area contributed by atoms with Crippen molar-refractivity contribution in [3.8, 4) is 0 Å². The van der Waals surface area contributed by atoms with E-state index in [1.807, 2.05) is 0 Å². The van der Waals surface area contributed by atoms with Gasteiger partial charge in [-0.15, -0.1) is 0 Å². The summed E-state index contributed by atoms with van der Waals surface area (Å²) in [5.74, 6) is 0. The monoisotopic (exact) mass is 197 g/mol. The number of phosphoric ester groups is 1. The summed E-state index contributed by atoms with van der Waals surface area (Å²) in [5.41, 5.74) is 0. The maximum absolute atomic E-state index is 10.1. The lowest BCUT2D eigenvalue weighted by Gasteiger charge is -2.17. The molecule has 12 heavy (non-hydrogen) atoms. The lowest BCUT2D eigenvalue weighted by Crippen LogP contribution is -2.19. The number of hydrogen-bond acceptors (Lipinski definition) is 5. The summed E-state index contributed by atoms with van der Waals surface area (Å²) in [7, 11) is -4.62. The first-order valence-electron chi connectivity index (χ1n) is 3.43. The third kappa shape index (κ3) is 3.62. The average molecular weight is 197 g/mol. The van der Waals surface area contributed by atoms with Crippen molar-refractivity contribution < 1.29 is 28.3 Å². The summed E-state index contributed by atoms with van der Waals surface area (Å²) < 4.78 is 24.2. The van der Waals surface area contributed by atoms with Crippen LogP contribution in [0.15, 0.2) is 0 Å². The van der Waals surface area contributed by atoms with E-state index in [2.05, 4.69) is 4.52 Å². The summed E-state index contributed by atoms with van der Waals surface area (Å²) in [4.78, 5) is 18.4. The maximum Gasteiger partial charge on any atom is 0.265 e. The minimum Gasteiger partial charge on any atom is -0.756 e. The minimum atomic E-state index is -4.62. The Kier molecular flexibility index (Phi) is 3.22. The second-order valence-corrected chi connectivity index (χ2v) is 3.62. The third-order valence-corrected chi connectivity index (χ3v) is 1.80. The number of phosphoric acid groups is 1.